The first-order chi connectivity index (χ1) is 22.7. The second-order valence-electron chi connectivity index (χ2n) is 15.3. The molecule has 4 saturated carbocycles. The number of aryl methyl sites for hydroxylation is 4. The third-order valence-corrected chi connectivity index (χ3v) is 12.8. The summed E-state index contributed by atoms with van der Waals surface area (Å²) in [5, 5.41) is 0. The van der Waals surface area contributed by atoms with Crippen LogP contribution in [0.5, 0.6) is 0 Å². The molecule has 0 unspecified atom stereocenters. The Labute approximate surface area is 322 Å². The molecule has 3 heteroatoms. The van der Waals surface area contributed by atoms with Crippen molar-refractivity contribution in [3.8, 4) is 11.1 Å². The number of rotatable bonds is 4. The first kappa shape index (κ1) is 37.8. The zero-order valence-corrected chi connectivity index (χ0v) is 33.4. The van der Waals surface area contributed by atoms with Gasteiger partial charge < -0.3 is 24.8 Å². The van der Waals surface area contributed by atoms with E-state index in [2.05, 4.69) is 131 Å². The Morgan fingerprint density at radius 1 is 0.714 bits per heavy atom. The van der Waals surface area contributed by atoms with E-state index in [0.717, 1.165) is 24.2 Å². The molecule has 49 heavy (non-hydrogen) atoms. The number of fused-ring (bicyclic) bond motifs is 3. The Hall–Kier alpha value is -2.44. The van der Waals surface area contributed by atoms with Crippen LogP contribution >= 0.6 is 0 Å². The molecular weight excluding hydrogens is 715 g/mol. The van der Waals surface area contributed by atoms with E-state index in [9.17, 15) is 0 Å². The van der Waals surface area contributed by atoms with Gasteiger partial charge in [0.15, 0.2) is 0 Å². The topological polar surface area (TPSA) is 0 Å². The third kappa shape index (κ3) is 8.72. The van der Waals surface area contributed by atoms with Gasteiger partial charge in [-0.15, -0.1) is 5.56 Å². The minimum Gasteiger partial charge on any atom is -1.00 e. The van der Waals surface area contributed by atoms with Gasteiger partial charge in [-0.25, -0.2) is 6.07 Å². The minimum absolute atomic E-state index is 0. The fraction of sp³-hybridized carbons (Fsp3) is 0.348. The molecule has 4 fully saturated rings. The van der Waals surface area contributed by atoms with Gasteiger partial charge in [0.2, 0.25) is 0 Å². The molecule has 252 valence electrons. The van der Waals surface area contributed by atoms with Crippen LogP contribution in [0, 0.1) is 56.9 Å². The van der Waals surface area contributed by atoms with Gasteiger partial charge in [0.1, 0.15) is 0 Å². The molecule has 0 amide bonds. The molecule has 0 spiro atoms. The van der Waals surface area contributed by atoms with Crippen molar-refractivity contribution in [1.82, 2.24) is 0 Å². The molecule has 0 saturated heterocycles. The molecule has 4 bridgehead atoms. The molecule has 0 heterocycles. The standard InChI is InChI=1S/C18H25.C15H14.C13H9.2ClH.Zr/c1-12-3-13(2)17(4-12)11-18-8-14-5-15(9-18)7-16(6-14)10-18;1-12-3-7-14(8-4-12)11-15-9-5-13(2)6-10-15;1-3-7-12-10(5-1)9-11-6-2-4-8-13(11)12;;;/h3-4,14-16H,5-11H2,1-2H3;3-10H,1-2H3;1-5,7-8H,9H2;2*1H;/q-1;;-1;;;+2/p-2. The van der Waals surface area contributed by atoms with E-state index in [1.807, 2.05) is 6.07 Å². The Balaban J connectivity index is 0.000000142. The molecule has 0 aliphatic heterocycles. The van der Waals surface area contributed by atoms with E-state index < -0.39 is 0 Å². The molecule has 5 aliphatic rings. The maximum Gasteiger partial charge on any atom is -0.0253 e. The van der Waals surface area contributed by atoms with Gasteiger partial charge in [0.05, 0.1) is 0 Å². The molecule has 0 N–H and O–H groups in total. The van der Waals surface area contributed by atoms with Gasteiger partial charge in [-0.2, -0.15) is 52.6 Å². The van der Waals surface area contributed by atoms with Crippen molar-refractivity contribution in [2.24, 2.45) is 23.2 Å². The van der Waals surface area contributed by atoms with Crippen LogP contribution in [0.25, 0.3) is 11.1 Å². The zero-order chi connectivity index (χ0) is 32.5. The van der Waals surface area contributed by atoms with Gasteiger partial charge in [0, 0.05) is 0 Å². The summed E-state index contributed by atoms with van der Waals surface area (Å²) >= 11 is 1.46. The zero-order valence-electron chi connectivity index (χ0n) is 29.5. The SMILES string of the molecule is Cc1cc(CC23CC4CC(CC(C4)C2)C3)c(C)[cH-]1.Cc1ccc([C](=[Zr+2])c2ccc(C)cc2)cc1.[Cl-].[Cl-].[c-]1cccc2c1Cc1ccccc1-2. The van der Waals surface area contributed by atoms with E-state index in [1.54, 1.807) is 49.7 Å². The Bertz CT molecular complexity index is 1730. The quantitative estimate of drug-likeness (QED) is 0.215. The summed E-state index contributed by atoms with van der Waals surface area (Å²) in [6.45, 7) is 8.80. The summed E-state index contributed by atoms with van der Waals surface area (Å²) in [5.41, 5.74) is 16.2. The largest absolute Gasteiger partial charge is 1.00 e. The number of benzene rings is 4. The van der Waals surface area contributed by atoms with Crippen molar-refractivity contribution < 1.29 is 49.0 Å². The summed E-state index contributed by atoms with van der Waals surface area (Å²) in [7, 11) is 0. The molecule has 5 aromatic carbocycles. The van der Waals surface area contributed by atoms with Crippen molar-refractivity contribution in [2.45, 2.75) is 79.1 Å². The smallest absolute Gasteiger partial charge is 0.0253 e. The van der Waals surface area contributed by atoms with Crippen molar-refractivity contribution in [3.05, 3.63) is 159 Å². The predicted molar refractivity (Wildman–Crippen MR) is 195 cm³/mol. The summed E-state index contributed by atoms with van der Waals surface area (Å²) in [6, 6.07) is 40.5. The molecule has 10 rings (SSSR count). The maximum absolute atomic E-state index is 3.30. The normalized spacial score (nSPS) is 21.9. The second kappa shape index (κ2) is 16.3. The van der Waals surface area contributed by atoms with Crippen molar-refractivity contribution in [1.29, 1.82) is 0 Å². The second-order valence-corrected chi connectivity index (χ2v) is 16.6. The Morgan fingerprint density at radius 3 is 1.78 bits per heavy atom. The summed E-state index contributed by atoms with van der Waals surface area (Å²) in [4.78, 5) is 0. The monoisotopic (exact) mass is 760 g/mol. The Kier molecular flexibility index (Phi) is 12.6. The first-order valence-corrected chi connectivity index (χ1v) is 19.0. The summed E-state index contributed by atoms with van der Waals surface area (Å²) in [6.07, 6.45) is 11.8. The van der Waals surface area contributed by atoms with Crippen LogP contribution in [0.1, 0.15) is 88.6 Å². The fourth-order valence-electron chi connectivity index (χ4n) is 9.57. The van der Waals surface area contributed by atoms with Gasteiger partial charge in [-0.3, -0.25) is 0 Å². The van der Waals surface area contributed by atoms with E-state index >= 15 is 0 Å². The van der Waals surface area contributed by atoms with Crippen LogP contribution in [0.3, 0.4) is 0 Å². The van der Waals surface area contributed by atoms with Gasteiger partial charge in [-0.05, 0) is 68.1 Å². The van der Waals surface area contributed by atoms with Crippen LogP contribution in [-0.2, 0) is 37.1 Å². The van der Waals surface area contributed by atoms with Crippen LogP contribution in [0.2, 0.25) is 0 Å². The van der Waals surface area contributed by atoms with Gasteiger partial charge >= 0.3 is 112 Å². The first-order valence-electron chi connectivity index (χ1n) is 17.8. The molecule has 0 aromatic heterocycles. The summed E-state index contributed by atoms with van der Waals surface area (Å²) < 4.78 is 1.42. The van der Waals surface area contributed by atoms with E-state index in [4.69, 9.17) is 0 Å². The minimum atomic E-state index is 0. The van der Waals surface area contributed by atoms with Gasteiger partial charge in [-0.1, -0.05) is 55.7 Å². The van der Waals surface area contributed by atoms with Crippen LogP contribution in [0.15, 0.2) is 103 Å². The third-order valence-electron chi connectivity index (χ3n) is 11.4. The van der Waals surface area contributed by atoms with E-state index in [1.165, 1.54) is 83.9 Å². The van der Waals surface area contributed by atoms with E-state index in [0.29, 0.717) is 5.41 Å². The molecule has 0 nitrogen and oxygen atoms in total. The number of halogens is 2. The van der Waals surface area contributed by atoms with E-state index in [-0.39, 0.29) is 24.8 Å². The van der Waals surface area contributed by atoms with Crippen LogP contribution in [0.4, 0.5) is 0 Å². The van der Waals surface area contributed by atoms with Crippen molar-refractivity contribution in [3.63, 3.8) is 0 Å². The number of hydrogen-bond acceptors (Lipinski definition) is 0. The van der Waals surface area contributed by atoms with Crippen LogP contribution < -0.4 is 24.8 Å². The summed E-state index contributed by atoms with van der Waals surface area (Å²) in [5.74, 6) is 3.27. The Morgan fingerprint density at radius 2 is 1.24 bits per heavy atom. The average Bonchev–Trinajstić information content (AvgIpc) is 3.59. The molecule has 0 radical (unpaired) electrons. The fourth-order valence-corrected chi connectivity index (χ4v) is 10.4. The molecule has 0 atom stereocenters. The predicted octanol–water partition coefficient (Wildman–Crippen LogP) is 5.27. The molecule has 5 aliphatic carbocycles. The molecule has 5 aromatic rings. The molecular formula is C46H48Cl2Zr-2. The van der Waals surface area contributed by atoms with Crippen LogP contribution in [-0.4, -0.2) is 3.21 Å². The van der Waals surface area contributed by atoms with Gasteiger partial charge in [0.25, 0.3) is 0 Å². The van der Waals surface area contributed by atoms with Crippen molar-refractivity contribution >= 4 is 3.21 Å². The maximum atomic E-state index is 3.30. The average molecular weight is 763 g/mol. The number of hydrogen-bond donors (Lipinski definition) is 0. The van der Waals surface area contributed by atoms with Crippen molar-refractivity contribution in [2.75, 3.05) is 0 Å².